The van der Waals surface area contributed by atoms with Gasteiger partial charge in [0, 0.05) is 16.3 Å². The third kappa shape index (κ3) is 4.24. The zero-order valence-corrected chi connectivity index (χ0v) is 12.7. The molecule has 2 aromatic carbocycles. The molecule has 21 heavy (non-hydrogen) atoms. The van der Waals surface area contributed by atoms with Crippen LogP contribution in [0.2, 0.25) is 5.02 Å². The van der Waals surface area contributed by atoms with Gasteiger partial charge in [-0.05, 0) is 61.6 Å². The molecule has 0 unspecified atom stereocenters. The van der Waals surface area contributed by atoms with Crippen LogP contribution in [-0.2, 0) is 0 Å². The molecule has 2 N–H and O–H groups in total. The van der Waals surface area contributed by atoms with Gasteiger partial charge in [-0.25, -0.2) is 4.39 Å². The van der Waals surface area contributed by atoms with Gasteiger partial charge in [0.05, 0.1) is 5.69 Å². The summed E-state index contributed by atoms with van der Waals surface area (Å²) in [4.78, 5) is 11.2. The summed E-state index contributed by atoms with van der Waals surface area (Å²) in [5.41, 5.74) is 1.55. The number of carbonyl (C=O) groups excluding carboxylic acids is 1. The van der Waals surface area contributed by atoms with Crippen molar-refractivity contribution in [2.24, 2.45) is 0 Å². The van der Waals surface area contributed by atoms with Crippen LogP contribution in [0.4, 0.5) is 15.8 Å². The van der Waals surface area contributed by atoms with E-state index in [1.165, 1.54) is 19.1 Å². The second kappa shape index (κ2) is 6.65. The van der Waals surface area contributed by atoms with E-state index in [0.29, 0.717) is 16.3 Å². The van der Waals surface area contributed by atoms with E-state index in [4.69, 9.17) is 23.8 Å². The van der Waals surface area contributed by atoms with Crippen molar-refractivity contribution in [1.29, 1.82) is 0 Å². The molecule has 0 aliphatic carbocycles. The van der Waals surface area contributed by atoms with Crippen molar-refractivity contribution in [3.63, 3.8) is 0 Å². The highest BCUT2D eigenvalue weighted by Crippen LogP contribution is 2.19. The van der Waals surface area contributed by atoms with Gasteiger partial charge >= 0.3 is 0 Å². The summed E-state index contributed by atoms with van der Waals surface area (Å²) in [5.74, 6) is -0.496. The minimum Gasteiger partial charge on any atom is -0.332 e. The molecule has 0 amide bonds. The van der Waals surface area contributed by atoms with Crippen molar-refractivity contribution < 1.29 is 9.18 Å². The molecule has 0 spiro atoms. The van der Waals surface area contributed by atoms with Crippen LogP contribution >= 0.6 is 23.8 Å². The lowest BCUT2D eigenvalue weighted by Crippen LogP contribution is -2.19. The standard InChI is InChI=1S/C15H12ClFN2OS/c1-9(20)10-2-5-12(6-3-10)18-15(21)19-14-7-4-11(16)8-13(14)17/h2-8H,1H3,(H2,18,19,21). The van der Waals surface area contributed by atoms with Crippen LogP contribution in [0, 0.1) is 5.82 Å². The van der Waals surface area contributed by atoms with Crippen LogP contribution in [0.25, 0.3) is 0 Å². The third-order valence-electron chi connectivity index (χ3n) is 2.73. The fraction of sp³-hybridized carbons (Fsp3) is 0.0667. The second-order valence-corrected chi connectivity index (χ2v) is 5.18. The maximum absolute atomic E-state index is 13.6. The van der Waals surface area contributed by atoms with Gasteiger partial charge in [0.2, 0.25) is 0 Å². The van der Waals surface area contributed by atoms with E-state index < -0.39 is 5.82 Å². The van der Waals surface area contributed by atoms with Crippen LogP contribution in [0.15, 0.2) is 42.5 Å². The van der Waals surface area contributed by atoms with E-state index in [-0.39, 0.29) is 16.6 Å². The maximum Gasteiger partial charge on any atom is 0.175 e. The molecule has 3 nitrogen and oxygen atoms in total. The molecular weight excluding hydrogens is 311 g/mol. The number of ketones is 1. The molecule has 108 valence electrons. The molecule has 0 aliphatic heterocycles. The summed E-state index contributed by atoms with van der Waals surface area (Å²) in [6.45, 7) is 1.50. The fourth-order valence-corrected chi connectivity index (χ4v) is 2.05. The lowest BCUT2D eigenvalue weighted by molar-refractivity contribution is 0.101. The molecule has 0 saturated heterocycles. The van der Waals surface area contributed by atoms with Crippen molar-refractivity contribution >= 4 is 46.1 Å². The van der Waals surface area contributed by atoms with Gasteiger partial charge in [-0.2, -0.15) is 0 Å². The Hall–Kier alpha value is -1.98. The summed E-state index contributed by atoms with van der Waals surface area (Å²) >= 11 is 10.8. The summed E-state index contributed by atoms with van der Waals surface area (Å²) in [6, 6.07) is 11.1. The molecular formula is C15H12ClFN2OS. The molecule has 0 atom stereocenters. The summed E-state index contributed by atoms with van der Waals surface area (Å²) in [7, 11) is 0. The first kappa shape index (κ1) is 15.4. The molecule has 0 aliphatic rings. The van der Waals surface area contributed by atoms with Crippen molar-refractivity contribution in [3.05, 3.63) is 58.9 Å². The second-order valence-electron chi connectivity index (χ2n) is 4.34. The van der Waals surface area contributed by atoms with Gasteiger partial charge in [-0.15, -0.1) is 0 Å². The molecule has 0 radical (unpaired) electrons. The number of Topliss-reactive ketones (excluding diaryl/α,β-unsaturated/α-hetero) is 1. The molecule has 0 aromatic heterocycles. The average molecular weight is 323 g/mol. The number of hydrogen-bond donors (Lipinski definition) is 2. The first-order chi connectivity index (χ1) is 9.95. The van der Waals surface area contributed by atoms with Crippen LogP contribution in [0.3, 0.4) is 0 Å². The Labute approximate surface area is 132 Å². The quantitative estimate of drug-likeness (QED) is 0.645. The van der Waals surface area contributed by atoms with Crippen LogP contribution < -0.4 is 10.6 Å². The normalized spacial score (nSPS) is 10.0. The largest absolute Gasteiger partial charge is 0.332 e. The van der Waals surface area contributed by atoms with E-state index in [1.54, 1.807) is 30.3 Å². The molecule has 0 saturated carbocycles. The lowest BCUT2D eigenvalue weighted by Gasteiger charge is -2.11. The highest BCUT2D eigenvalue weighted by atomic mass is 35.5. The Balaban J connectivity index is 2.02. The highest BCUT2D eigenvalue weighted by Gasteiger charge is 2.05. The zero-order valence-electron chi connectivity index (χ0n) is 11.1. The summed E-state index contributed by atoms with van der Waals surface area (Å²) in [6.07, 6.45) is 0. The van der Waals surface area contributed by atoms with Crippen LogP contribution in [-0.4, -0.2) is 10.9 Å². The minimum absolute atomic E-state index is 0.00881. The van der Waals surface area contributed by atoms with E-state index in [9.17, 15) is 9.18 Å². The number of thiocarbonyl (C=S) groups is 1. The predicted octanol–water partition coefficient (Wildman–Crippen LogP) is 4.49. The summed E-state index contributed by atoms with van der Waals surface area (Å²) in [5, 5.41) is 6.21. The number of nitrogens with one attached hydrogen (secondary N) is 2. The van der Waals surface area contributed by atoms with Crippen molar-refractivity contribution in [1.82, 2.24) is 0 Å². The Kier molecular flexibility index (Phi) is 4.88. The van der Waals surface area contributed by atoms with Crippen molar-refractivity contribution in [3.8, 4) is 0 Å². The van der Waals surface area contributed by atoms with Crippen LogP contribution in [0.5, 0.6) is 0 Å². The van der Waals surface area contributed by atoms with E-state index >= 15 is 0 Å². The van der Waals surface area contributed by atoms with Crippen LogP contribution in [0.1, 0.15) is 17.3 Å². The van der Waals surface area contributed by atoms with Crippen molar-refractivity contribution in [2.75, 3.05) is 10.6 Å². The first-order valence-electron chi connectivity index (χ1n) is 6.10. The number of anilines is 2. The van der Waals surface area contributed by atoms with Gasteiger partial charge in [0.1, 0.15) is 5.82 Å². The van der Waals surface area contributed by atoms with E-state index in [1.807, 2.05) is 0 Å². The third-order valence-corrected chi connectivity index (χ3v) is 3.17. The van der Waals surface area contributed by atoms with E-state index in [0.717, 1.165) is 0 Å². The van der Waals surface area contributed by atoms with Gasteiger partial charge < -0.3 is 10.6 Å². The van der Waals surface area contributed by atoms with Gasteiger partial charge in [-0.3, -0.25) is 4.79 Å². The Bertz CT molecular complexity index is 689. The number of rotatable bonds is 3. The minimum atomic E-state index is -0.487. The van der Waals surface area contributed by atoms with Crippen molar-refractivity contribution in [2.45, 2.75) is 6.92 Å². The summed E-state index contributed by atoms with van der Waals surface area (Å²) < 4.78 is 13.6. The SMILES string of the molecule is CC(=O)c1ccc(NC(=S)Nc2ccc(Cl)cc2F)cc1. The predicted molar refractivity (Wildman–Crippen MR) is 87.7 cm³/mol. The first-order valence-corrected chi connectivity index (χ1v) is 6.88. The zero-order chi connectivity index (χ0) is 15.4. The molecule has 0 heterocycles. The Morgan fingerprint density at radius 2 is 1.81 bits per heavy atom. The van der Waals surface area contributed by atoms with Gasteiger partial charge in [0.25, 0.3) is 0 Å². The molecule has 2 aromatic rings. The Morgan fingerprint density at radius 1 is 1.14 bits per heavy atom. The Morgan fingerprint density at radius 3 is 2.38 bits per heavy atom. The number of benzene rings is 2. The molecule has 0 bridgehead atoms. The maximum atomic E-state index is 13.6. The highest BCUT2D eigenvalue weighted by molar-refractivity contribution is 7.80. The average Bonchev–Trinajstić information content (AvgIpc) is 2.42. The monoisotopic (exact) mass is 322 g/mol. The number of halogens is 2. The molecule has 0 fully saturated rings. The van der Waals surface area contributed by atoms with E-state index in [2.05, 4.69) is 10.6 Å². The molecule has 2 rings (SSSR count). The fourth-order valence-electron chi connectivity index (χ4n) is 1.66. The van der Waals surface area contributed by atoms with Gasteiger partial charge in [-0.1, -0.05) is 11.6 Å². The van der Waals surface area contributed by atoms with Gasteiger partial charge in [0.15, 0.2) is 10.9 Å². The molecule has 6 heteroatoms. The topological polar surface area (TPSA) is 41.1 Å². The smallest absolute Gasteiger partial charge is 0.175 e. The number of carbonyl (C=O) groups is 1. The lowest BCUT2D eigenvalue weighted by atomic mass is 10.1. The number of hydrogen-bond acceptors (Lipinski definition) is 2.